The molecule has 3 aromatic rings. The Morgan fingerprint density at radius 1 is 1.29 bits per heavy atom. The Balaban J connectivity index is 0.00000235. The number of nitrogens with zero attached hydrogens (tertiary/aromatic N) is 3. The molecule has 11 heteroatoms. The quantitative estimate of drug-likeness (QED) is 0.303. The van der Waals surface area contributed by atoms with E-state index in [0.29, 0.717) is 33.3 Å². The molecule has 10 nitrogen and oxygen atoms in total. The van der Waals surface area contributed by atoms with Gasteiger partial charge in [-0.1, -0.05) is 32.1 Å². The molecule has 0 amide bonds. The molecule has 208 valence electrons. The normalized spacial score (nSPS) is 11.6. The van der Waals surface area contributed by atoms with Crippen LogP contribution in [0.15, 0.2) is 62.1 Å². The van der Waals surface area contributed by atoms with E-state index in [1.807, 2.05) is 33.8 Å². The second-order valence-electron chi connectivity index (χ2n) is 8.78. The number of carboxylic acid groups (broad SMARTS) is 1. The molecule has 0 spiro atoms. The number of thiophene rings is 1. The smallest absolute Gasteiger partial charge is 0.333 e. The van der Waals surface area contributed by atoms with Crippen molar-refractivity contribution in [3.8, 4) is 10.8 Å². The summed E-state index contributed by atoms with van der Waals surface area (Å²) in [5, 5.41) is 10.1. The molecule has 0 aromatic carbocycles. The predicted molar refractivity (Wildman–Crippen MR) is 151 cm³/mol. The van der Waals surface area contributed by atoms with Crippen LogP contribution in [0.1, 0.15) is 53.5 Å². The Morgan fingerprint density at radius 3 is 2.39 bits per heavy atom. The van der Waals surface area contributed by atoms with Gasteiger partial charge in [-0.25, -0.2) is 19.1 Å². The molecule has 3 aromatic heterocycles. The number of allylic oxidation sites excluding steroid dienone is 4. The van der Waals surface area contributed by atoms with Gasteiger partial charge in [0, 0.05) is 6.54 Å². The zero-order valence-corrected chi connectivity index (χ0v) is 24.0. The number of ether oxygens (including phenoxy) is 1. The Bertz CT molecular complexity index is 1460. The fraction of sp³-hybridized carbons (Fsp3) is 0.407. The van der Waals surface area contributed by atoms with Gasteiger partial charge in [-0.05, 0) is 58.3 Å². The molecular formula is C27H37N3O7S. The topological polar surface area (TPSA) is 148 Å². The van der Waals surface area contributed by atoms with Crippen molar-refractivity contribution in [1.82, 2.24) is 14.1 Å². The molecular weight excluding hydrogens is 510 g/mol. The van der Waals surface area contributed by atoms with Crippen LogP contribution in [0.4, 0.5) is 0 Å². The summed E-state index contributed by atoms with van der Waals surface area (Å²) in [6.45, 7) is 16.3. The molecule has 3 heterocycles. The Labute approximate surface area is 225 Å². The largest absolute Gasteiger partial charge is 0.496 e. The van der Waals surface area contributed by atoms with Gasteiger partial charge in [0.1, 0.15) is 22.4 Å². The lowest BCUT2D eigenvalue weighted by Crippen LogP contribution is -2.52. The van der Waals surface area contributed by atoms with E-state index in [1.165, 1.54) is 42.2 Å². The first kappa shape index (κ1) is 32.3. The van der Waals surface area contributed by atoms with Crippen molar-refractivity contribution in [3.05, 3.63) is 74.5 Å². The first-order valence-corrected chi connectivity index (χ1v) is 12.7. The van der Waals surface area contributed by atoms with Crippen LogP contribution >= 0.6 is 11.3 Å². The summed E-state index contributed by atoms with van der Waals surface area (Å²) in [6.07, 6.45) is 6.84. The lowest BCUT2D eigenvalue weighted by molar-refractivity contribution is -0.146. The molecule has 0 radical (unpaired) electrons. The minimum Gasteiger partial charge on any atom is -0.496 e. The van der Waals surface area contributed by atoms with Crippen molar-refractivity contribution in [3.63, 3.8) is 0 Å². The van der Waals surface area contributed by atoms with Crippen LogP contribution in [0.2, 0.25) is 0 Å². The molecule has 0 aliphatic rings. The highest BCUT2D eigenvalue weighted by molar-refractivity contribution is 7.22. The first-order valence-electron chi connectivity index (χ1n) is 11.9. The van der Waals surface area contributed by atoms with Gasteiger partial charge in [0.2, 0.25) is 5.89 Å². The average Bonchev–Trinajstić information content (AvgIpc) is 3.48. The van der Waals surface area contributed by atoms with Gasteiger partial charge in [0.25, 0.3) is 5.56 Å². The maximum absolute atomic E-state index is 13.7. The van der Waals surface area contributed by atoms with Crippen LogP contribution in [0.5, 0.6) is 0 Å². The minimum absolute atomic E-state index is 0. The molecule has 3 N–H and O–H groups in total. The van der Waals surface area contributed by atoms with E-state index in [1.54, 1.807) is 20.1 Å². The molecule has 0 aliphatic heterocycles. The van der Waals surface area contributed by atoms with Gasteiger partial charge in [-0.15, -0.1) is 11.3 Å². The number of methoxy groups -OCH3 is 1. The second kappa shape index (κ2) is 13.2. The van der Waals surface area contributed by atoms with Crippen molar-refractivity contribution in [1.29, 1.82) is 0 Å². The number of aryl methyl sites for hydroxylation is 2. The highest BCUT2D eigenvalue weighted by Gasteiger charge is 2.35. The van der Waals surface area contributed by atoms with E-state index in [4.69, 9.17) is 9.15 Å². The first-order chi connectivity index (χ1) is 17.4. The SMILES string of the molecule is C=C/C(OC)=C(\C=C(C)C)CCn1c(=O)n(C(C)(C)C(=O)O)c(=O)c2c(C)c(-c3ncco3)sc21.CC.O. The van der Waals surface area contributed by atoms with Gasteiger partial charge >= 0.3 is 11.7 Å². The Hall–Kier alpha value is -3.70. The fourth-order valence-electron chi connectivity index (χ4n) is 3.86. The van der Waals surface area contributed by atoms with Gasteiger partial charge < -0.3 is 19.7 Å². The summed E-state index contributed by atoms with van der Waals surface area (Å²) in [7, 11) is 1.54. The zero-order chi connectivity index (χ0) is 28.1. The van der Waals surface area contributed by atoms with Crippen molar-refractivity contribution < 1.29 is 24.5 Å². The molecule has 3 rings (SSSR count). The van der Waals surface area contributed by atoms with E-state index < -0.39 is 22.8 Å². The average molecular weight is 548 g/mol. The van der Waals surface area contributed by atoms with Crippen LogP contribution in [0.3, 0.4) is 0 Å². The van der Waals surface area contributed by atoms with E-state index in [-0.39, 0.29) is 17.4 Å². The van der Waals surface area contributed by atoms with Crippen molar-refractivity contribution in [2.24, 2.45) is 0 Å². The van der Waals surface area contributed by atoms with Gasteiger partial charge in [-0.3, -0.25) is 9.36 Å². The third kappa shape index (κ3) is 6.05. The maximum atomic E-state index is 13.7. The van der Waals surface area contributed by atoms with Crippen molar-refractivity contribution >= 4 is 27.5 Å². The number of aliphatic carboxylic acids is 1. The monoisotopic (exact) mass is 547 g/mol. The number of carbonyl (C=O) groups is 1. The van der Waals surface area contributed by atoms with Crippen molar-refractivity contribution in [2.45, 2.75) is 67.0 Å². The molecule has 0 saturated heterocycles. The lowest BCUT2D eigenvalue weighted by atomic mass is 10.1. The molecule has 38 heavy (non-hydrogen) atoms. The Kier molecular flexibility index (Phi) is 11.2. The van der Waals surface area contributed by atoms with Gasteiger partial charge in [0.05, 0.1) is 23.6 Å². The standard InChI is InChI=1S/C25H29N3O6S.C2H6.H2O/c1-8-17(33-7)16(13-14(2)3)9-11-27-22-18(15(4)19(35-22)20-26-10-12-34-20)21(29)28(24(27)32)25(5,6)23(30)31;1-2;/h8,10,12-13H,1,9,11H2,2-7H3,(H,30,31);1-2H3;1H2/b17-16+;;. The molecule has 0 atom stereocenters. The predicted octanol–water partition coefficient (Wildman–Crippen LogP) is 4.65. The van der Waals surface area contributed by atoms with Crippen LogP contribution in [0, 0.1) is 6.92 Å². The van der Waals surface area contributed by atoms with Crippen LogP contribution in [0.25, 0.3) is 21.0 Å². The summed E-state index contributed by atoms with van der Waals surface area (Å²) >= 11 is 1.21. The molecule has 0 unspecified atom stereocenters. The van der Waals surface area contributed by atoms with E-state index in [9.17, 15) is 19.5 Å². The van der Waals surface area contributed by atoms with Gasteiger partial charge in [0.15, 0.2) is 0 Å². The van der Waals surface area contributed by atoms with E-state index in [0.717, 1.165) is 15.7 Å². The molecule has 0 saturated carbocycles. The molecule has 0 fully saturated rings. The number of oxazole rings is 1. The van der Waals surface area contributed by atoms with E-state index in [2.05, 4.69) is 11.6 Å². The summed E-state index contributed by atoms with van der Waals surface area (Å²) < 4.78 is 13.1. The number of hydrogen-bond acceptors (Lipinski definition) is 7. The zero-order valence-electron chi connectivity index (χ0n) is 23.2. The van der Waals surface area contributed by atoms with Crippen LogP contribution in [-0.2, 0) is 21.6 Å². The number of rotatable bonds is 9. The van der Waals surface area contributed by atoms with E-state index >= 15 is 0 Å². The number of aromatic nitrogens is 3. The summed E-state index contributed by atoms with van der Waals surface area (Å²) in [6, 6.07) is 0. The summed E-state index contributed by atoms with van der Waals surface area (Å²) in [4.78, 5) is 44.4. The molecule has 0 aliphatic carbocycles. The number of carboxylic acids is 1. The highest BCUT2D eigenvalue weighted by atomic mass is 32.1. The van der Waals surface area contributed by atoms with Crippen LogP contribution < -0.4 is 11.2 Å². The summed E-state index contributed by atoms with van der Waals surface area (Å²) in [5.41, 5.74) is -0.708. The highest BCUT2D eigenvalue weighted by Crippen LogP contribution is 2.36. The Morgan fingerprint density at radius 2 is 1.92 bits per heavy atom. The maximum Gasteiger partial charge on any atom is 0.333 e. The lowest BCUT2D eigenvalue weighted by Gasteiger charge is -2.23. The third-order valence-corrected chi connectivity index (χ3v) is 7.01. The van der Waals surface area contributed by atoms with Crippen LogP contribution in [-0.4, -0.2) is 37.8 Å². The fourth-order valence-corrected chi connectivity index (χ4v) is 5.12. The van der Waals surface area contributed by atoms with Gasteiger partial charge in [-0.2, -0.15) is 0 Å². The number of hydrogen-bond donors (Lipinski definition) is 1. The summed E-state index contributed by atoms with van der Waals surface area (Å²) in [5.74, 6) is -0.399. The third-order valence-electron chi connectivity index (χ3n) is 5.71. The van der Waals surface area contributed by atoms with Crippen molar-refractivity contribution in [2.75, 3.05) is 7.11 Å². The minimum atomic E-state index is -1.76. The number of fused-ring (bicyclic) bond motifs is 1. The second-order valence-corrected chi connectivity index (χ2v) is 9.78. The molecule has 0 bridgehead atoms.